The molecule has 0 atom stereocenters. The molecule has 3 aromatic heterocycles. The van der Waals surface area contributed by atoms with Gasteiger partial charge in [-0.3, -0.25) is 4.57 Å². The molecule has 40 heavy (non-hydrogen) atoms. The van der Waals surface area contributed by atoms with Gasteiger partial charge in [-0.25, -0.2) is 9.97 Å². The van der Waals surface area contributed by atoms with Crippen LogP contribution in [0, 0.1) is 0 Å². The van der Waals surface area contributed by atoms with Crippen LogP contribution in [-0.4, -0.2) is 14.5 Å². The van der Waals surface area contributed by atoms with Crippen LogP contribution in [-0.2, 0) is 0 Å². The second-order valence-corrected chi connectivity index (χ2v) is 11.3. The third-order valence-electron chi connectivity index (χ3n) is 8.13. The third-order valence-corrected chi connectivity index (χ3v) is 9.29. The molecule has 0 aliphatic carbocycles. The Balaban J connectivity index is 1.30. The summed E-state index contributed by atoms with van der Waals surface area (Å²) in [5.74, 6) is 0. The first-order valence-corrected chi connectivity index (χ1v) is 14.2. The van der Waals surface area contributed by atoms with Gasteiger partial charge in [0.25, 0.3) is 0 Å². The lowest BCUT2D eigenvalue weighted by molar-refractivity contribution is 1.15. The minimum Gasteiger partial charge on any atom is -0.298 e. The molecule has 0 saturated heterocycles. The summed E-state index contributed by atoms with van der Waals surface area (Å²) in [6.45, 7) is 0. The maximum Gasteiger partial charge on any atom is 0.116 e. The molecule has 0 aliphatic rings. The molecule has 3 heterocycles. The molecule has 0 aliphatic heterocycles. The zero-order valence-electron chi connectivity index (χ0n) is 21.4. The number of hydrogen-bond acceptors (Lipinski definition) is 3. The third kappa shape index (κ3) is 2.99. The maximum atomic E-state index is 4.72. The van der Waals surface area contributed by atoms with Gasteiger partial charge in [-0.2, -0.15) is 0 Å². The highest BCUT2D eigenvalue weighted by Gasteiger charge is 2.19. The molecular weight excluding hydrogens is 506 g/mol. The van der Waals surface area contributed by atoms with Crippen molar-refractivity contribution in [2.24, 2.45) is 0 Å². The van der Waals surface area contributed by atoms with Crippen LogP contribution in [0.3, 0.4) is 0 Å². The van der Waals surface area contributed by atoms with Gasteiger partial charge in [0.05, 0.1) is 11.7 Å². The van der Waals surface area contributed by atoms with Crippen molar-refractivity contribution in [1.82, 2.24) is 14.5 Å². The standard InChI is InChI=1S/C36H21N3S/c1-2-12-27-25(10-1)26-11-3-4-13-28(26)31-19-23(16-17-29(27)31)22-8-7-9-24(18-22)39-32-20-37-21-38-35(32)34-30-14-5-6-15-33(30)40-36(34)39/h1-21H. The molecule has 0 N–H and O–H groups in total. The van der Waals surface area contributed by atoms with Crippen molar-refractivity contribution in [2.75, 3.05) is 0 Å². The number of benzene rings is 6. The van der Waals surface area contributed by atoms with Gasteiger partial charge in [-0.05, 0) is 67.7 Å². The van der Waals surface area contributed by atoms with E-state index in [1.165, 1.54) is 63.7 Å². The number of nitrogens with zero attached hydrogens (tertiary/aromatic N) is 3. The Labute approximate surface area is 233 Å². The summed E-state index contributed by atoms with van der Waals surface area (Å²) in [4.78, 5) is 10.3. The second kappa shape index (κ2) is 8.22. The van der Waals surface area contributed by atoms with E-state index in [0.717, 1.165) is 16.7 Å². The largest absolute Gasteiger partial charge is 0.298 e. The van der Waals surface area contributed by atoms with Crippen molar-refractivity contribution in [3.05, 3.63) is 128 Å². The molecule has 0 spiro atoms. The first-order valence-electron chi connectivity index (χ1n) is 13.4. The van der Waals surface area contributed by atoms with Gasteiger partial charge < -0.3 is 0 Å². The number of aromatic nitrogens is 3. The zero-order chi connectivity index (χ0) is 26.2. The van der Waals surface area contributed by atoms with Gasteiger partial charge in [-0.1, -0.05) is 91.0 Å². The van der Waals surface area contributed by atoms with Gasteiger partial charge in [0.2, 0.25) is 0 Å². The number of rotatable bonds is 2. The van der Waals surface area contributed by atoms with Crippen LogP contribution in [0.5, 0.6) is 0 Å². The number of fused-ring (bicyclic) bond motifs is 11. The summed E-state index contributed by atoms with van der Waals surface area (Å²) >= 11 is 1.81. The van der Waals surface area contributed by atoms with E-state index < -0.39 is 0 Å². The van der Waals surface area contributed by atoms with Crippen molar-refractivity contribution in [1.29, 1.82) is 0 Å². The fourth-order valence-corrected chi connectivity index (χ4v) is 7.61. The molecule has 3 nitrogen and oxygen atoms in total. The van der Waals surface area contributed by atoms with E-state index >= 15 is 0 Å². The van der Waals surface area contributed by atoms with Crippen LogP contribution in [0.2, 0.25) is 0 Å². The highest BCUT2D eigenvalue weighted by Crippen LogP contribution is 2.42. The highest BCUT2D eigenvalue weighted by atomic mass is 32.1. The molecule has 0 unspecified atom stereocenters. The minimum absolute atomic E-state index is 0.997. The Morgan fingerprint density at radius 2 is 1.20 bits per heavy atom. The van der Waals surface area contributed by atoms with Crippen molar-refractivity contribution in [3.63, 3.8) is 0 Å². The average Bonchev–Trinajstić information content (AvgIpc) is 3.56. The Morgan fingerprint density at radius 3 is 1.98 bits per heavy atom. The van der Waals surface area contributed by atoms with E-state index in [9.17, 15) is 0 Å². The quantitative estimate of drug-likeness (QED) is 0.209. The summed E-state index contributed by atoms with van der Waals surface area (Å²) in [6.07, 6.45) is 3.59. The molecule has 0 saturated carbocycles. The lowest BCUT2D eigenvalue weighted by Gasteiger charge is -2.13. The molecule has 0 fully saturated rings. The lowest BCUT2D eigenvalue weighted by Crippen LogP contribution is -1.94. The fourth-order valence-electron chi connectivity index (χ4n) is 6.37. The Hall–Kier alpha value is -5.06. The summed E-state index contributed by atoms with van der Waals surface area (Å²) in [5, 5.41) is 10.2. The van der Waals surface area contributed by atoms with E-state index in [0.29, 0.717) is 0 Å². The highest BCUT2D eigenvalue weighted by molar-refractivity contribution is 7.25. The molecule has 0 radical (unpaired) electrons. The van der Waals surface area contributed by atoms with Crippen molar-refractivity contribution >= 4 is 75.0 Å². The summed E-state index contributed by atoms with van der Waals surface area (Å²) in [7, 11) is 0. The maximum absolute atomic E-state index is 4.72. The van der Waals surface area contributed by atoms with Crippen LogP contribution in [0.25, 0.3) is 80.5 Å². The van der Waals surface area contributed by atoms with Gasteiger partial charge in [0.15, 0.2) is 0 Å². The molecule has 4 heteroatoms. The summed E-state index contributed by atoms with van der Waals surface area (Å²) in [6, 6.07) is 41.8. The smallest absolute Gasteiger partial charge is 0.116 e. The van der Waals surface area contributed by atoms with Crippen molar-refractivity contribution in [3.8, 4) is 16.8 Å². The SMILES string of the molecule is c1cc(-c2ccc3c4ccccc4c4ccccc4c3c2)cc(-n2c3cncnc3c3c4ccccc4sc32)c1. The first-order chi connectivity index (χ1) is 19.8. The fraction of sp³-hybridized carbons (Fsp3) is 0. The van der Waals surface area contributed by atoms with E-state index in [-0.39, 0.29) is 0 Å². The topological polar surface area (TPSA) is 30.7 Å². The van der Waals surface area contributed by atoms with Crippen molar-refractivity contribution < 1.29 is 0 Å². The van der Waals surface area contributed by atoms with Crippen LogP contribution >= 0.6 is 11.3 Å². The van der Waals surface area contributed by atoms with Crippen LogP contribution < -0.4 is 0 Å². The normalized spacial score (nSPS) is 12.0. The first kappa shape index (κ1) is 21.8. The average molecular weight is 528 g/mol. The van der Waals surface area contributed by atoms with E-state index in [2.05, 4.69) is 125 Å². The number of hydrogen-bond donors (Lipinski definition) is 0. The lowest BCUT2D eigenvalue weighted by atomic mass is 9.92. The Kier molecular flexibility index (Phi) is 4.48. The van der Waals surface area contributed by atoms with Crippen molar-refractivity contribution in [2.45, 2.75) is 0 Å². The van der Waals surface area contributed by atoms with Gasteiger partial charge >= 0.3 is 0 Å². The minimum atomic E-state index is 0.997. The molecule has 0 amide bonds. The predicted molar refractivity (Wildman–Crippen MR) is 170 cm³/mol. The van der Waals surface area contributed by atoms with Gasteiger partial charge in [0.1, 0.15) is 16.7 Å². The Morgan fingerprint density at radius 1 is 0.550 bits per heavy atom. The molecule has 0 bridgehead atoms. The van der Waals surface area contributed by atoms with E-state index in [1.54, 1.807) is 6.33 Å². The number of thiophene rings is 1. The predicted octanol–water partition coefficient (Wildman–Crippen LogP) is 9.91. The molecule has 9 rings (SSSR count). The van der Waals surface area contributed by atoms with Crippen LogP contribution in [0.4, 0.5) is 0 Å². The zero-order valence-corrected chi connectivity index (χ0v) is 22.2. The Bertz CT molecular complexity index is 2410. The van der Waals surface area contributed by atoms with Gasteiger partial charge in [0, 0.05) is 21.2 Å². The van der Waals surface area contributed by atoms with Gasteiger partial charge in [-0.15, -0.1) is 11.3 Å². The molecular formula is C36H21N3S. The van der Waals surface area contributed by atoms with Crippen LogP contribution in [0.15, 0.2) is 128 Å². The summed E-state index contributed by atoms with van der Waals surface area (Å²) < 4.78 is 3.59. The molecule has 9 aromatic rings. The monoisotopic (exact) mass is 527 g/mol. The van der Waals surface area contributed by atoms with E-state index in [4.69, 9.17) is 4.98 Å². The molecule has 186 valence electrons. The molecule has 6 aromatic carbocycles. The van der Waals surface area contributed by atoms with Crippen LogP contribution in [0.1, 0.15) is 0 Å². The summed E-state index contributed by atoms with van der Waals surface area (Å²) in [5.41, 5.74) is 5.53. The second-order valence-electron chi connectivity index (χ2n) is 10.3. The van der Waals surface area contributed by atoms with E-state index in [1.807, 2.05) is 17.5 Å².